The van der Waals surface area contributed by atoms with E-state index < -0.39 is 0 Å². The molecule has 1 fully saturated rings. The Bertz CT molecular complexity index is 177. The summed E-state index contributed by atoms with van der Waals surface area (Å²) in [7, 11) is 0. The Hall–Kier alpha value is -0.900. The summed E-state index contributed by atoms with van der Waals surface area (Å²) in [5.74, 6) is 5.82. The number of hydrogen-bond donors (Lipinski definition) is 0. The lowest BCUT2D eigenvalue weighted by Gasteiger charge is -2.14. The van der Waals surface area contributed by atoms with Gasteiger partial charge in [-0.3, -0.25) is 0 Å². The molecule has 54 valence electrons. The molecule has 0 aromatic rings. The van der Waals surface area contributed by atoms with Gasteiger partial charge in [0.25, 0.3) is 0 Å². The minimum Gasteiger partial charge on any atom is -0.365 e. The van der Waals surface area contributed by atoms with Crippen molar-refractivity contribution in [1.82, 2.24) is 4.90 Å². The number of allylic oxidation sites excluding steroid dienone is 1. The molecule has 0 aromatic heterocycles. The molecule has 0 amide bonds. The maximum absolute atomic E-state index is 3.88. The van der Waals surface area contributed by atoms with Gasteiger partial charge in [0, 0.05) is 13.1 Å². The van der Waals surface area contributed by atoms with E-state index in [4.69, 9.17) is 0 Å². The zero-order chi connectivity index (χ0) is 7.40. The smallest absolute Gasteiger partial charge is 0.0806 e. The van der Waals surface area contributed by atoms with E-state index in [1.165, 1.54) is 12.8 Å². The van der Waals surface area contributed by atoms with Crippen LogP contribution in [0.3, 0.4) is 0 Å². The molecular formula is C9H13N. The summed E-state index contributed by atoms with van der Waals surface area (Å²) < 4.78 is 0. The van der Waals surface area contributed by atoms with Crippen LogP contribution in [0, 0.1) is 11.8 Å². The first kappa shape index (κ1) is 7.21. The molecule has 0 spiro atoms. The Morgan fingerprint density at radius 2 is 2.00 bits per heavy atom. The van der Waals surface area contributed by atoms with E-state index in [1.807, 2.05) is 6.92 Å². The SMILES string of the molecule is C=C(C#CC)N1CCCC1. The number of hydrogen-bond acceptors (Lipinski definition) is 1. The second-order valence-electron chi connectivity index (χ2n) is 2.52. The van der Waals surface area contributed by atoms with Crippen molar-refractivity contribution in [2.75, 3.05) is 13.1 Å². The first-order valence-electron chi connectivity index (χ1n) is 3.71. The van der Waals surface area contributed by atoms with Crippen molar-refractivity contribution in [2.24, 2.45) is 0 Å². The van der Waals surface area contributed by atoms with Crippen molar-refractivity contribution in [2.45, 2.75) is 19.8 Å². The molecule has 1 rings (SSSR count). The van der Waals surface area contributed by atoms with Crippen molar-refractivity contribution in [3.8, 4) is 11.8 Å². The van der Waals surface area contributed by atoms with Crippen LogP contribution in [0.5, 0.6) is 0 Å². The first-order chi connectivity index (χ1) is 4.84. The monoisotopic (exact) mass is 135 g/mol. The minimum absolute atomic E-state index is 0.986. The first-order valence-corrected chi connectivity index (χ1v) is 3.71. The molecule has 1 nitrogen and oxygen atoms in total. The van der Waals surface area contributed by atoms with Gasteiger partial charge in [-0.05, 0) is 19.8 Å². The largest absolute Gasteiger partial charge is 0.365 e. The molecule has 0 aromatic carbocycles. The average molecular weight is 135 g/mol. The maximum atomic E-state index is 3.88. The molecule has 1 heteroatoms. The van der Waals surface area contributed by atoms with Crippen LogP contribution in [-0.2, 0) is 0 Å². The molecule has 1 heterocycles. The zero-order valence-corrected chi connectivity index (χ0v) is 6.48. The standard InChI is InChI=1S/C9H13N/c1-3-6-9(2)10-7-4-5-8-10/h2,4-5,7-8H2,1H3. The second kappa shape index (κ2) is 3.31. The summed E-state index contributed by atoms with van der Waals surface area (Å²) in [4.78, 5) is 2.25. The molecule has 0 atom stereocenters. The van der Waals surface area contributed by atoms with Crippen LogP contribution < -0.4 is 0 Å². The lowest BCUT2D eigenvalue weighted by molar-refractivity contribution is 0.446. The summed E-state index contributed by atoms with van der Waals surface area (Å²) in [6.07, 6.45) is 2.59. The third kappa shape index (κ3) is 1.54. The minimum atomic E-state index is 0.986. The van der Waals surface area contributed by atoms with Crippen LogP contribution in [0.15, 0.2) is 12.3 Å². The molecule has 0 aliphatic carbocycles. The van der Waals surface area contributed by atoms with Gasteiger partial charge in [0.05, 0.1) is 5.70 Å². The highest BCUT2D eigenvalue weighted by Gasteiger charge is 2.10. The molecule has 0 radical (unpaired) electrons. The fourth-order valence-electron chi connectivity index (χ4n) is 1.21. The molecule has 1 aliphatic heterocycles. The highest BCUT2D eigenvalue weighted by molar-refractivity contribution is 5.23. The summed E-state index contributed by atoms with van der Waals surface area (Å²) in [5.41, 5.74) is 0.986. The normalized spacial score (nSPS) is 16.3. The van der Waals surface area contributed by atoms with Gasteiger partial charge in [-0.25, -0.2) is 0 Å². The lowest BCUT2D eigenvalue weighted by Crippen LogP contribution is -2.16. The van der Waals surface area contributed by atoms with Crippen molar-refractivity contribution in [1.29, 1.82) is 0 Å². The van der Waals surface area contributed by atoms with E-state index in [-0.39, 0.29) is 0 Å². The fraction of sp³-hybridized carbons (Fsp3) is 0.556. The molecule has 1 saturated heterocycles. The van der Waals surface area contributed by atoms with E-state index in [9.17, 15) is 0 Å². The zero-order valence-electron chi connectivity index (χ0n) is 6.48. The highest BCUT2D eigenvalue weighted by Crippen LogP contribution is 2.11. The summed E-state index contributed by atoms with van der Waals surface area (Å²) in [6.45, 7) is 8.02. The van der Waals surface area contributed by atoms with E-state index >= 15 is 0 Å². The highest BCUT2D eigenvalue weighted by atomic mass is 15.1. The molecule has 0 bridgehead atoms. The van der Waals surface area contributed by atoms with Crippen LogP contribution in [0.2, 0.25) is 0 Å². The van der Waals surface area contributed by atoms with Crippen molar-refractivity contribution in [3.05, 3.63) is 12.3 Å². The summed E-state index contributed by atoms with van der Waals surface area (Å²) in [6, 6.07) is 0. The fourth-order valence-corrected chi connectivity index (χ4v) is 1.21. The molecular weight excluding hydrogens is 122 g/mol. The Kier molecular flexibility index (Phi) is 2.39. The molecule has 10 heavy (non-hydrogen) atoms. The summed E-state index contributed by atoms with van der Waals surface area (Å²) >= 11 is 0. The van der Waals surface area contributed by atoms with Gasteiger partial charge in [-0.15, -0.1) is 0 Å². The van der Waals surface area contributed by atoms with Gasteiger partial charge >= 0.3 is 0 Å². The Morgan fingerprint density at radius 1 is 1.40 bits per heavy atom. The lowest BCUT2D eigenvalue weighted by atomic mass is 10.4. The van der Waals surface area contributed by atoms with Gasteiger partial charge in [0.15, 0.2) is 0 Å². The van der Waals surface area contributed by atoms with Gasteiger partial charge in [0.1, 0.15) is 0 Å². The Balaban J connectivity index is 2.45. The topological polar surface area (TPSA) is 3.24 Å². The van der Waals surface area contributed by atoms with Crippen LogP contribution >= 0.6 is 0 Å². The van der Waals surface area contributed by atoms with Crippen LogP contribution in [0.4, 0.5) is 0 Å². The second-order valence-corrected chi connectivity index (χ2v) is 2.52. The third-order valence-corrected chi connectivity index (χ3v) is 1.76. The van der Waals surface area contributed by atoms with E-state index in [0.29, 0.717) is 0 Å². The molecule has 0 saturated carbocycles. The van der Waals surface area contributed by atoms with Crippen molar-refractivity contribution >= 4 is 0 Å². The number of nitrogens with zero attached hydrogens (tertiary/aromatic N) is 1. The predicted octanol–water partition coefficient (Wildman–Crippen LogP) is 1.62. The Morgan fingerprint density at radius 3 is 2.50 bits per heavy atom. The maximum Gasteiger partial charge on any atom is 0.0806 e. The number of rotatable bonds is 1. The van der Waals surface area contributed by atoms with Crippen molar-refractivity contribution in [3.63, 3.8) is 0 Å². The van der Waals surface area contributed by atoms with E-state index in [1.54, 1.807) is 0 Å². The quantitative estimate of drug-likeness (QED) is 0.494. The molecule has 1 aliphatic rings. The van der Waals surface area contributed by atoms with E-state index in [0.717, 1.165) is 18.8 Å². The van der Waals surface area contributed by atoms with Crippen LogP contribution in [0.1, 0.15) is 19.8 Å². The molecule has 0 unspecified atom stereocenters. The average Bonchev–Trinajstić information content (AvgIpc) is 2.38. The van der Waals surface area contributed by atoms with Crippen molar-refractivity contribution < 1.29 is 0 Å². The van der Waals surface area contributed by atoms with E-state index in [2.05, 4.69) is 23.3 Å². The number of likely N-dealkylation sites (tertiary alicyclic amines) is 1. The van der Waals surface area contributed by atoms with Crippen LogP contribution in [-0.4, -0.2) is 18.0 Å². The van der Waals surface area contributed by atoms with Gasteiger partial charge < -0.3 is 4.90 Å². The molecule has 0 N–H and O–H groups in total. The van der Waals surface area contributed by atoms with Gasteiger partial charge in [-0.2, -0.15) is 0 Å². The Labute approximate surface area is 62.7 Å². The van der Waals surface area contributed by atoms with Crippen LogP contribution in [0.25, 0.3) is 0 Å². The third-order valence-electron chi connectivity index (χ3n) is 1.76. The van der Waals surface area contributed by atoms with Gasteiger partial charge in [-0.1, -0.05) is 18.4 Å². The van der Waals surface area contributed by atoms with Gasteiger partial charge in [0.2, 0.25) is 0 Å². The predicted molar refractivity (Wildman–Crippen MR) is 43.4 cm³/mol. The summed E-state index contributed by atoms with van der Waals surface area (Å²) in [5, 5.41) is 0.